The molecule has 2 aliphatic rings. The van der Waals surface area contributed by atoms with Crippen molar-refractivity contribution in [3.8, 4) is 11.5 Å². The summed E-state index contributed by atoms with van der Waals surface area (Å²) in [6.45, 7) is 4.55. The lowest BCUT2D eigenvalue weighted by Gasteiger charge is -2.39. The van der Waals surface area contributed by atoms with Crippen LogP contribution in [0.1, 0.15) is 31.4 Å². The van der Waals surface area contributed by atoms with E-state index in [1.807, 2.05) is 25.1 Å². The summed E-state index contributed by atoms with van der Waals surface area (Å²) in [5, 5.41) is 3.39. The third kappa shape index (κ3) is 2.19. The van der Waals surface area contributed by atoms with Gasteiger partial charge in [-0.15, -0.1) is 0 Å². The van der Waals surface area contributed by atoms with E-state index >= 15 is 0 Å². The monoisotopic (exact) mass is 263 g/mol. The molecule has 1 spiro atoms. The van der Waals surface area contributed by atoms with Crippen molar-refractivity contribution in [3.05, 3.63) is 23.8 Å². The van der Waals surface area contributed by atoms with Crippen molar-refractivity contribution in [2.45, 2.75) is 31.5 Å². The van der Waals surface area contributed by atoms with Gasteiger partial charge in [0.2, 0.25) is 0 Å². The first-order valence-electron chi connectivity index (χ1n) is 6.96. The third-order valence-corrected chi connectivity index (χ3v) is 4.02. The van der Waals surface area contributed by atoms with Crippen molar-refractivity contribution in [2.75, 3.05) is 26.8 Å². The van der Waals surface area contributed by atoms with Gasteiger partial charge in [0, 0.05) is 26.5 Å². The molecular formula is C15H21NO3. The van der Waals surface area contributed by atoms with Gasteiger partial charge in [-0.2, -0.15) is 0 Å². The molecule has 0 aliphatic carbocycles. The van der Waals surface area contributed by atoms with Gasteiger partial charge < -0.3 is 19.5 Å². The lowest BCUT2D eigenvalue weighted by Crippen LogP contribution is -2.43. The third-order valence-electron chi connectivity index (χ3n) is 4.02. The Bertz CT molecular complexity index is 455. The Labute approximate surface area is 114 Å². The van der Waals surface area contributed by atoms with Gasteiger partial charge in [-0.05, 0) is 25.6 Å². The van der Waals surface area contributed by atoms with Crippen molar-refractivity contribution < 1.29 is 14.2 Å². The summed E-state index contributed by atoms with van der Waals surface area (Å²) in [5.41, 5.74) is 0.947. The van der Waals surface area contributed by atoms with E-state index in [1.54, 1.807) is 7.11 Å². The maximum Gasteiger partial charge on any atom is 0.129 e. The molecule has 19 heavy (non-hydrogen) atoms. The van der Waals surface area contributed by atoms with E-state index in [0.717, 1.165) is 43.0 Å². The van der Waals surface area contributed by atoms with Crippen LogP contribution in [0.25, 0.3) is 0 Å². The summed E-state index contributed by atoms with van der Waals surface area (Å²) in [4.78, 5) is 0. The highest BCUT2D eigenvalue weighted by Gasteiger charge is 2.44. The maximum absolute atomic E-state index is 6.28. The fourth-order valence-electron chi connectivity index (χ4n) is 3.11. The Morgan fingerprint density at radius 2 is 2.37 bits per heavy atom. The molecular weight excluding hydrogens is 242 g/mol. The number of methoxy groups -OCH3 is 1. The summed E-state index contributed by atoms with van der Waals surface area (Å²) in [6.07, 6.45) is 1.96. The van der Waals surface area contributed by atoms with Gasteiger partial charge in [0.1, 0.15) is 17.1 Å². The second-order valence-electron chi connectivity index (χ2n) is 5.24. The van der Waals surface area contributed by atoms with Crippen molar-refractivity contribution in [1.82, 2.24) is 5.32 Å². The van der Waals surface area contributed by atoms with E-state index in [9.17, 15) is 0 Å². The molecule has 2 heterocycles. The van der Waals surface area contributed by atoms with Gasteiger partial charge in [-0.3, -0.25) is 0 Å². The van der Waals surface area contributed by atoms with E-state index in [2.05, 4.69) is 5.32 Å². The smallest absolute Gasteiger partial charge is 0.129 e. The second-order valence-corrected chi connectivity index (χ2v) is 5.24. The normalized spacial score (nSPS) is 29.1. The number of ether oxygens (including phenoxy) is 3. The van der Waals surface area contributed by atoms with E-state index in [4.69, 9.17) is 14.2 Å². The van der Waals surface area contributed by atoms with Crippen molar-refractivity contribution in [3.63, 3.8) is 0 Å². The van der Waals surface area contributed by atoms with Crippen LogP contribution in [-0.4, -0.2) is 32.4 Å². The molecule has 0 aromatic heterocycles. The van der Waals surface area contributed by atoms with Gasteiger partial charge in [-0.1, -0.05) is 6.07 Å². The number of fused-ring (bicyclic) bond motifs is 1. The molecule has 1 saturated heterocycles. The Hall–Kier alpha value is -1.26. The Morgan fingerprint density at radius 3 is 3.05 bits per heavy atom. The first-order valence-corrected chi connectivity index (χ1v) is 6.96. The van der Waals surface area contributed by atoms with Gasteiger partial charge in [0.25, 0.3) is 0 Å². The quantitative estimate of drug-likeness (QED) is 0.908. The van der Waals surface area contributed by atoms with E-state index in [-0.39, 0.29) is 11.7 Å². The van der Waals surface area contributed by atoms with Gasteiger partial charge >= 0.3 is 0 Å². The lowest BCUT2D eigenvalue weighted by molar-refractivity contribution is -0.0218. The van der Waals surface area contributed by atoms with Crippen molar-refractivity contribution in [2.24, 2.45) is 0 Å². The molecule has 0 bridgehead atoms. The Balaban J connectivity index is 2.00. The van der Waals surface area contributed by atoms with Crippen LogP contribution < -0.4 is 14.8 Å². The van der Waals surface area contributed by atoms with Crippen LogP contribution in [0, 0.1) is 0 Å². The minimum Gasteiger partial charge on any atom is -0.493 e. The fraction of sp³-hybridized carbons (Fsp3) is 0.600. The Morgan fingerprint density at radius 1 is 1.47 bits per heavy atom. The summed E-state index contributed by atoms with van der Waals surface area (Å²) >= 11 is 0. The molecule has 1 fully saturated rings. The molecule has 1 aromatic rings. The second kappa shape index (κ2) is 5.02. The molecule has 1 aromatic carbocycles. The van der Waals surface area contributed by atoms with Gasteiger partial charge in [0.05, 0.1) is 18.3 Å². The lowest BCUT2D eigenvalue weighted by atomic mass is 9.87. The van der Waals surface area contributed by atoms with Crippen LogP contribution in [0.3, 0.4) is 0 Å². The van der Waals surface area contributed by atoms with Crippen LogP contribution in [0.2, 0.25) is 0 Å². The highest BCUT2D eigenvalue weighted by molar-refractivity contribution is 5.48. The summed E-state index contributed by atoms with van der Waals surface area (Å²) in [7, 11) is 1.76. The summed E-state index contributed by atoms with van der Waals surface area (Å²) in [5.74, 6) is 1.79. The van der Waals surface area contributed by atoms with Crippen LogP contribution >= 0.6 is 0 Å². The number of hydrogen-bond donors (Lipinski definition) is 1. The molecule has 104 valence electrons. The largest absolute Gasteiger partial charge is 0.493 e. The highest BCUT2D eigenvalue weighted by Crippen LogP contribution is 2.47. The molecule has 4 nitrogen and oxygen atoms in total. The number of hydrogen-bond acceptors (Lipinski definition) is 4. The highest BCUT2D eigenvalue weighted by atomic mass is 16.5. The number of nitrogens with one attached hydrogen (secondary N) is 1. The average molecular weight is 263 g/mol. The average Bonchev–Trinajstić information content (AvgIpc) is 2.86. The molecule has 2 atom stereocenters. The minimum absolute atomic E-state index is 0.0476. The fourth-order valence-corrected chi connectivity index (χ4v) is 3.11. The summed E-state index contributed by atoms with van der Waals surface area (Å²) < 4.78 is 17.7. The number of rotatable bonds is 3. The Kier molecular flexibility index (Phi) is 3.37. The molecule has 0 saturated carbocycles. The SMILES string of the molecule is CCOc1cccc2c1C(OC)CC1(CCNC1)O2. The topological polar surface area (TPSA) is 39.7 Å². The predicted molar refractivity (Wildman–Crippen MR) is 72.8 cm³/mol. The van der Waals surface area contributed by atoms with E-state index < -0.39 is 0 Å². The van der Waals surface area contributed by atoms with E-state index in [0.29, 0.717) is 6.61 Å². The zero-order valence-electron chi connectivity index (χ0n) is 11.6. The minimum atomic E-state index is -0.113. The van der Waals surface area contributed by atoms with Gasteiger partial charge in [-0.25, -0.2) is 0 Å². The van der Waals surface area contributed by atoms with Crippen molar-refractivity contribution in [1.29, 1.82) is 0 Å². The molecule has 4 heteroatoms. The van der Waals surface area contributed by atoms with E-state index in [1.165, 1.54) is 0 Å². The van der Waals surface area contributed by atoms with Crippen LogP contribution in [0.4, 0.5) is 0 Å². The zero-order valence-corrected chi connectivity index (χ0v) is 11.6. The predicted octanol–water partition coefficient (Wildman–Crippen LogP) is 2.29. The summed E-state index contributed by atoms with van der Waals surface area (Å²) in [6, 6.07) is 5.99. The molecule has 0 radical (unpaired) electrons. The zero-order chi connectivity index (χ0) is 13.3. The number of benzene rings is 1. The molecule has 3 rings (SSSR count). The molecule has 0 amide bonds. The van der Waals surface area contributed by atoms with Crippen molar-refractivity contribution >= 4 is 0 Å². The molecule has 2 unspecified atom stereocenters. The first kappa shape index (κ1) is 12.8. The van der Waals surface area contributed by atoms with Crippen LogP contribution in [-0.2, 0) is 4.74 Å². The molecule has 2 aliphatic heterocycles. The standard InChI is InChI=1S/C15H21NO3/c1-3-18-11-5-4-6-12-14(11)13(17-2)9-15(19-12)7-8-16-10-15/h4-6,13,16H,3,7-10H2,1-2H3. The maximum atomic E-state index is 6.28. The van der Waals surface area contributed by atoms with Gasteiger partial charge in [0.15, 0.2) is 0 Å². The van der Waals surface area contributed by atoms with Crippen LogP contribution in [0.15, 0.2) is 18.2 Å². The van der Waals surface area contributed by atoms with Crippen LogP contribution in [0.5, 0.6) is 11.5 Å². The first-order chi connectivity index (χ1) is 9.28. The molecule has 1 N–H and O–H groups in total.